The van der Waals surface area contributed by atoms with E-state index in [1.54, 1.807) is 34.9 Å². The Hall–Kier alpha value is -4.32. The van der Waals surface area contributed by atoms with Gasteiger partial charge in [0, 0.05) is 63.0 Å². The minimum absolute atomic E-state index is 0.00793. The number of amides is 3. The highest BCUT2D eigenvalue weighted by molar-refractivity contribution is 6.03. The number of carbonyl (C=O) groups excluding carboxylic acids is 3. The van der Waals surface area contributed by atoms with Gasteiger partial charge in [-0.25, -0.2) is 9.37 Å². The molecule has 0 unspecified atom stereocenters. The molecule has 3 aromatic rings. The molecule has 4 rings (SSSR count). The maximum atomic E-state index is 14.6. The molecule has 1 fully saturated rings. The van der Waals surface area contributed by atoms with Gasteiger partial charge in [-0.05, 0) is 56.9 Å². The van der Waals surface area contributed by atoms with E-state index in [0.29, 0.717) is 56.0 Å². The number of carbonyl (C=O) groups is 3. The van der Waals surface area contributed by atoms with Gasteiger partial charge < -0.3 is 29.3 Å². The standard InChI is InChI=1S/C29H34F2N6O4/c1-18-16-19(6-7-20(18)29(40)37-14-12-36(13-15-37)24(38)10-11-34(2)3)33-28(39)27-32-17-22(35(27)4)21-8-9-23(41-5)26(31)25(21)30/h6-9,16-17H,10-15H2,1-5H3,(H,33,39). The second-order valence-electron chi connectivity index (χ2n) is 10.2. The lowest BCUT2D eigenvalue weighted by atomic mass is 10.1. The maximum Gasteiger partial charge on any atom is 0.291 e. The molecule has 0 atom stereocenters. The van der Waals surface area contributed by atoms with Crippen molar-refractivity contribution in [2.75, 3.05) is 59.2 Å². The quantitative estimate of drug-likeness (QED) is 0.448. The summed E-state index contributed by atoms with van der Waals surface area (Å²) in [7, 11) is 6.62. The fourth-order valence-electron chi connectivity index (χ4n) is 4.73. The smallest absolute Gasteiger partial charge is 0.291 e. The molecular weight excluding hydrogens is 534 g/mol. The number of nitrogens with zero attached hydrogens (tertiary/aromatic N) is 5. The molecule has 1 saturated heterocycles. The molecule has 3 amide bonds. The van der Waals surface area contributed by atoms with Crippen molar-refractivity contribution >= 4 is 23.4 Å². The van der Waals surface area contributed by atoms with Crippen LogP contribution in [0.15, 0.2) is 36.5 Å². The van der Waals surface area contributed by atoms with E-state index in [-0.39, 0.29) is 34.6 Å². The summed E-state index contributed by atoms with van der Waals surface area (Å²) in [6, 6.07) is 7.63. The highest BCUT2D eigenvalue weighted by Crippen LogP contribution is 2.30. The van der Waals surface area contributed by atoms with Crippen molar-refractivity contribution in [3.63, 3.8) is 0 Å². The number of halogens is 2. The summed E-state index contributed by atoms with van der Waals surface area (Å²) >= 11 is 0. The molecule has 10 nitrogen and oxygen atoms in total. The lowest BCUT2D eigenvalue weighted by Crippen LogP contribution is -2.51. The third kappa shape index (κ3) is 6.37. The van der Waals surface area contributed by atoms with Crippen molar-refractivity contribution in [2.45, 2.75) is 13.3 Å². The number of aryl methyl sites for hydroxylation is 1. The van der Waals surface area contributed by atoms with Gasteiger partial charge >= 0.3 is 0 Å². The van der Waals surface area contributed by atoms with Crippen LogP contribution in [-0.2, 0) is 11.8 Å². The van der Waals surface area contributed by atoms with Crippen molar-refractivity contribution in [1.82, 2.24) is 24.3 Å². The predicted octanol–water partition coefficient (Wildman–Crippen LogP) is 3.17. The van der Waals surface area contributed by atoms with Gasteiger partial charge in [0.25, 0.3) is 11.8 Å². The number of aromatic nitrogens is 2. The zero-order chi connectivity index (χ0) is 29.8. The summed E-state index contributed by atoms with van der Waals surface area (Å²) in [5.41, 5.74) is 1.78. The minimum atomic E-state index is -1.13. The van der Waals surface area contributed by atoms with Crippen LogP contribution in [-0.4, -0.2) is 95.9 Å². The monoisotopic (exact) mass is 568 g/mol. The molecule has 0 spiro atoms. The van der Waals surface area contributed by atoms with E-state index in [1.165, 1.54) is 37.1 Å². The Labute approximate surface area is 237 Å². The number of ether oxygens (including phenoxy) is 1. The minimum Gasteiger partial charge on any atom is -0.494 e. The van der Waals surface area contributed by atoms with Gasteiger partial charge in [-0.3, -0.25) is 14.4 Å². The molecule has 0 radical (unpaired) electrons. The number of benzene rings is 2. The Morgan fingerprint density at radius 1 is 1.02 bits per heavy atom. The molecule has 2 aromatic carbocycles. The SMILES string of the molecule is COc1ccc(-c2cnc(C(=O)Nc3ccc(C(=O)N4CCN(C(=O)CCN(C)C)CC4)c(C)c3)n2C)c(F)c1F. The normalized spacial score (nSPS) is 13.5. The number of anilines is 1. The summed E-state index contributed by atoms with van der Waals surface area (Å²) in [6.07, 6.45) is 1.74. The summed E-state index contributed by atoms with van der Waals surface area (Å²) in [5.74, 6) is -3.07. The van der Waals surface area contributed by atoms with E-state index in [2.05, 4.69) is 10.3 Å². The largest absolute Gasteiger partial charge is 0.494 e. The van der Waals surface area contributed by atoms with Gasteiger partial charge in [-0.2, -0.15) is 4.39 Å². The first-order valence-corrected chi connectivity index (χ1v) is 13.2. The van der Waals surface area contributed by atoms with Crippen LogP contribution in [0, 0.1) is 18.6 Å². The number of methoxy groups -OCH3 is 1. The number of nitrogens with one attached hydrogen (secondary N) is 1. The van der Waals surface area contributed by atoms with Crippen LogP contribution in [0.2, 0.25) is 0 Å². The van der Waals surface area contributed by atoms with E-state index in [4.69, 9.17) is 4.74 Å². The van der Waals surface area contributed by atoms with Gasteiger partial charge in [-0.15, -0.1) is 0 Å². The molecule has 41 heavy (non-hydrogen) atoms. The van der Waals surface area contributed by atoms with Crippen molar-refractivity contribution in [1.29, 1.82) is 0 Å². The fourth-order valence-corrected chi connectivity index (χ4v) is 4.73. The Kier molecular flexibility index (Phi) is 9.01. The second kappa shape index (κ2) is 12.5. The molecule has 1 aliphatic rings. The number of rotatable bonds is 8. The first-order chi connectivity index (χ1) is 19.5. The lowest BCUT2D eigenvalue weighted by Gasteiger charge is -2.35. The number of piperazine rings is 1. The van der Waals surface area contributed by atoms with Crippen LogP contribution in [0.5, 0.6) is 5.75 Å². The molecule has 218 valence electrons. The van der Waals surface area contributed by atoms with Crippen LogP contribution in [0.3, 0.4) is 0 Å². The lowest BCUT2D eigenvalue weighted by molar-refractivity contribution is -0.132. The Morgan fingerprint density at radius 2 is 1.71 bits per heavy atom. The van der Waals surface area contributed by atoms with Gasteiger partial charge in [0.2, 0.25) is 11.7 Å². The van der Waals surface area contributed by atoms with Crippen molar-refractivity contribution < 1.29 is 27.9 Å². The maximum absolute atomic E-state index is 14.6. The van der Waals surface area contributed by atoms with Gasteiger partial charge in [-0.1, -0.05) is 0 Å². The van der Waals surface area contributed by atoms with Gasteiger partial charge in [0.1, 0.15) is 0 Å². The number of imidazole rings is 1. The molecule has 0 saturated carbocycles. The molecular formula is C29H34F2N6O4. The van der Waals surface area contributed by atoms with Crippen LogP contribution in [0.4, 0.5) is 14.5 Å². The first-order valence-electron chi connectivity index (χ1n) is 13.2. The summed E-state index contributed by atoms with van der Waals surface area (Å²) in [4.78, 5) is 48.2. The molecule has 12 heteroatoms. The predicted molar refractivity (Wildman–Crippen MR) is 150 cm³/mol. The van der Waals surface area contributed by atoms with Crippen molar-refractivity contribution in [3.05, 3.63) is 65.1 Å². The fraction of sp³-hybridized carbons (Fsp3) is 0.379. The van der Waals surface area contributed by atoms with Gasteiger partial charge in [0.15, 0.2) is 17.4 Å². The topological polar surface area (TPSA) is 100 Å². The van der Waals surface area contributed by atoms with Crippen LogP contribution in [0.25, 0.3) is 11.3 Å². The Bertz CT molecular complexity index is 1460. The van der Waals surface area contributed by atoms with Crippen molar-refractivity contribution in [3.8, 4) is 17.0 Å². The first kappa shape index (κ1) is 29.7. The van der Waals surface area contributed by atoms with Gasteiger partial charge in [0.05, 0.1) is 19.0 Å². The molecule has 0 bridgehead atoms. The second-order valence-corrected chi connectivity index (χ2v) is 10.2. The average molecular weight is 569 g/mol. The van der Waals surface area contributed by atoms with Crippen molar-refractivity contribution in [2.24, 2.45) is 7.05 Å². The zero-order valence-electron chi connectivity index (χ0n) is 23.8. The van der Waals surface area contributed by atoms with E-state index in [1.807, 2.05) is 19.0 Å². The molecule has 1 aromatic heterocycles. The highest BCUT2D eigenvalue weighted by Gasteiger charge is 2.26. The average Bonchev–Trinajstić information content (AvgIpc) is 3.34. The third-order valence-corrected chi connectivity index (χ3v) is 7.14. The van der Waals surface area contributed by atoms with E-state index < -0.39 is 17.5 Å². The number of hydrogen-bond donors (Lipinski definition) is 1. The van der Waals surface area contributed by atoms with E-state index in [9.17, 15) is 23.2 Å². The molecule has 0 aliphatic carbocycles. The Balaban J connectivity index is 1.41. The zero-order valence-corrected chi connectivity index (χ0v) is 23.8. The van der Waals surface area contributed by atoms with Crippen LogP contribution < -0.4 is 10.1 Å². The summed E-state index contributed by atoms with van der Waals surface area (Å²) in [6.45, 7) is 4.34. The van der Waals surface area contributed by atoms with E-state index >= 15 is 0 Å². The molecule has 1 aliphatic heterocycles. The molecule has 1 N–H and O–H groups in total. The highest BCUT2D eigenvalue weighted by atomic mass is 19.2. The summed E-state index contributed by atoms with van der Waals surface area (Å²) < 4.78 is 35.0. The third-order valence-electron chi connectivity index (χ3n) is 7.14. The Morgan fingerprint density at radius 3 is 2.34 bits per heavy atom. The van der Waals surface area contributed by atoms with E-state index in [0.717, 1.165) is 0 Å². The van der Waals surface area contributed by atoms with Crippen LogP contribution in [0.1, 0.15) is 33.0 Å². The van der Waals surface area contributed by atoms with Crippen LogP contribution >= 0.6 is 0 Å². The summed E-state index contributed by atoms with van der Waals surface area (Å²) in [5, 5.41) is 2.75. The molecule has 2 heterocycles. The number of hydrogen-bond acceptors (Lipinski definition) is 6.